The van der Waals surface area contributed by atoms with Crippen LogP contribution in [0.2, 0.25) is 0 Å². The highest BCUT2D eigenvalue weighted by molar-refractivity contribution is 7.17. The van der Waals surface area contributed by atoms with Gasteiger partial charge in [-0.2, -0.15) is 0 Å². The van der Waals surface area contributed by atoms with Gasteiger partial charge in [-0.3, -0.25) is 4.79 Å². The van der Waals surface area contributed by atoms with E-state index in [0.717, 1.165) is 26.8 Å². The zero-order chi connectivity index (χ0) is 16.4. The lowest BCUT2D eigenvalue weighted by Crippen LogP contribution is -2.28. The van der Waals surface area contributed by atoms with Crippen LogP contribution in [-0.4, -0.2) is 17.6 Å². The Labute approximate surface area is 139 Å². The topological polar surface area (TPSA) is 49.3 Å². The van der Waals surface area contributed by atoms with Crippen molar-refractivity contribution in [2.75, 3.05) is 6.54 Å². The maximum Gasteiger partial charge on any atom is 0.251 e. The maximum atomic E-state index is 12.3. The van der Waals surface area contributed by atoms with Crippen molar-refractivity contribution >= 4 is 27.3 Å². The lowest BCUT2D eigenvalue weighted by atomic mass is 10.0. The largest absolute Gasteiger partial charge is 0.387 e. The molecule has 2 N–H and O–H groups in total. The average Bonchev–Trinajstić information content (AvgIpc) is 2.98. The number of hydrogen-bond donors (Lipinski definition) is 2. The van der Waals surface area contributed by atoms with Crippen LogP contribution >= 0.6 is 11.3 Å². The predicted molar refractivity (Wildman–Crippen MR) is 95.0 cm³/mol. The van der Waals surface area contributed by atoms with E-state index in [-0.39, 0.29) is 12.5 Å². The smallest absolute Gasteiger partial charge is 0.251 e. The molecule has 2 aromatic carbocycles. The number of fused-ring (bicyclic) bond motifs is 1. The van der Waals surface area contributed by atoms with Crippen LogP contribution in [0.3, 0.4) is 0 Å². The van der Waals surface area contributed by atoms with Gasteiger partial charge in [0.15, 0.2) is 0 Å². The summed E-state index contributed by atoms with van der Waals surface area (Å²) in [5.74, 6) is -0.148. The molecular formula is C19H19NO2S. The van der Waals surface area contributed by atoms with Gasteiger partial charge in [0.1, 0.15) is 0 Å². The summed E-state index contributed by atoms with van der Waals surface area (Å²) in [6, 6.07) is 13.8. The minimum Gasteiger partial charge on any atom is -0.387 e. The standard InChI is InChI=1S/C19H19NO2S/c1-12-7-8-13(2)15(9-12)19(22)20-10-17(21)16-11-23-18-6-4-3-5-14(16)18/h3-9,11,17,21H,10H2,1-2H3,(H,20,22). The molecule has 1 amide bonds. The number of aliphatic hydroxyl groups excluding tert-OH is 1. The first-order valence-electron chi connectivity index (χ1n) is 7.56. The number of aliphatic hydroxyl groups is 1. The van der Waals surface area contributed by atoms with Crippen molar-refractivity contribution < 1.29 is 9.90 Å². The fourth-order valence-electron chi connectivity index (χ4n) is 2.63. The highest BCUT2D eigenvalue weighted by atomic mass is 32.1. The summed E-state index contributed by atoms with van der Waals surface area (Å²) in [5, 5.41) is 16.3. The van der Waals surface area contributed by atoms with Crippen molar-refractivity contribution in [2.45, 2.75) is 20.0 Å². The van der Waals surface area contributed by atoms with Crippen LogP contribution < -0.4 is 5.32 Å². The molecule has 0 spiro atoms. The van der Waals surface area contributed by atoms with Gasteiger partial charge in [0.05, 0.1) is 6.10 Å². The van der Waals surface area contributed by atoms with E-state index in [1.165, 1.54) is 0 Å². The molecule has 118 valence electrons. The minimum absolute atomic E-state index is 0.148. The molecular weight excluding hydrogens is 306 g/mol. The second-order valence-corrected chi connectivity index (χ2v) is 6.64. The number of amides is 1. The molecule has 0 bridgehead atoms. The van der Waals surface area contributed by atoms with E-state index >= 15 is 0 Å². The Hall–Kier alpha value is -2.17. The van der Waals surface area contributed by atoms with Crippen LogP contribution in [0.5, 0.6) is 0 Å². The maximum absolute atomic E-state index is 12.3. The Kier molecular flexibility index (Phi) is 4.46. The fraction of sp³-hybridized carbons (Fsp3) is 0.211. The van der Waals surface area contributed by atoms with Gasteiger partial charge >= 0.3 is 0 Å². The van der Waals surface area contributed by atoms with Gasteiger partial charge in [-0.05, 0) is 42.3 Å². The number of rotatable bonds is 4. The second kappa shape index (κ2) is 6.52. The highest BCUT2D eigenvalue weighted by Crippen LogP contribution is 2.29. The lowest BCUT2D eigenvalue weighted by molar-refractivity contribution is 0.0916. The second-order valence-electron chi connectivity index (χ2n) is 5.73. The summed E-state index contributed by atoms with van der Waals surface area (Å²) < 4.78 is 1.14. The third kappa shape index (κ3) is 3.28. The van der Waals surface area contributed by atoms with Crippen molar-refractivity contribution in [2.24, 2.45) is 0 Å². The monoisotopic (exact) mass is 325 g/mol. The number of benzene rings is 2. The first kappa shape index (κ1) is 15.7. The number of thiophene rings is 1. The van der Waals surface area contributed by atoms with Crippen LogP contribution in [-0.2, 0) is 0 Å². The summed E-state index contributed by atoms with van der Waals surface area (Å²) in [6.45, 7) is 4.08. The van der Waals surface area contributed by atoms with Gasteiger partial charge in [-0.1, -0.05) is 35.9 Å². The molecule has 0 aliphatic rings. The number of nitrogens with one attached hydrogen (secondary N) is 1. The Bertz CT molecular complexity index is 853. The fourth-order valence-corrected chi connectivity index (χ4v) is 3.64. The van der Waals surface area contributed by atoms with Crippen molar-refractivity contribution in [3.63, 3.8) is 0 Å². The van der Waals surface area contributed by atoms with Gasteiger partial charge in [-0.25, -0.2) is 0 Å². The molecule has 0 fully saturated rings. The van der Waals surface area contributed by atoms with Crippen LogP contribution in [0.1, 0.15) is 33.2 Å². The molecule has 0 saturated heterocycles. The molecule has 3 rings (SSSR count). The number of carbonyl (C=O) groups excluding carboxylic acids is 1. The summed E-state index contributed by atoms with van der Waals surface area (Å²) in [4.78, 5) is 12.3. The predicted octanol–water partition coefficient (Wildman–Crippen LogP) is 3.98. The third-order valence-electron chi connectivity index (χ3n) is 3.96. The molecule has 3 aromatic rings. The molecule has 3 nitrogen and oxygen atoms in total. The molecule has 0 aliphatic carbocycles. The molecule has 0 saturated carbocycles. The minimum atomic E-state index is -0.708. The summed E-state index contributed by atoms with van der Waals surface area (Å²) in [5.41, 5.74) is 3.51. The quantitative estimate of drug-likeness (QED) is 0.762. The first-order chi connectivity index (χ1) is 11.1. The molecule has 0 aliphatic heterocycles. The Balaban J connectivity index is 1.72. The number of hydrogen-bond acceptors (Lipinski definition) is 3. The van der Waals surface area contributed by atoms with Gasteiger partial charge in [0.25, 0.3) is 5.91 Å². The van der Waals surface area contributed by atoms with Crippen LogP contribution in [0, 0.1) is 13.8 Å². The molecule has 1 heterocycles. The average molecular weight is 325 g/mol. The van der Waals surface area contributed by atoms with Crippen molar-refractivity contribution in [3.8, 4) is 0 Å². The van der Waals surface area contributed by atoms with E-state index in [4.69, 9.17) is 0 Å². The summed E-state index contributed by atoms with van der Waals surface area (Å²) in [7, 11) is 0. The molecule has 1 atom stereocenters. The van der Waals surface area contributed by atoms with E-state index in [1.807, 2.05) is 61.7 Å². The molecule has 1 aromatic heterocycles. The molecule has 4 heteroatoms. The highest BCUT2D eigenvalue weighted by Gasteiger charge is 2.15. The summed E-state index contributed by atoms with van der Waals surface area (Å²) >= 11 is 1.60. The van der Waals surface area contributed by atoms with Gasteiger partial charge < -0.3 is 10.4 Å². The molecule has 0 radical (unpaired) electrons. The zero-order valence-electron chi connectivity index (χ0n) is 13.2. The van der Waals surface area contributed by atoms with Crippen LogP contribution in [0.4, 0.5) is 0 Å². The molecule has 1 unspecified atom stereocenters. The Morgan fingerprint density at radius 1 is 1.22 bits per heavy atom. The zero-order valence-corrected chi connectivity index (χ0v) is 14.0. The van der Waals surface area contributed by atoms with E-state index < -0.39 is 6.10 Å². The Morgan fingerprint density at radius 3 is 2.83 bits per heavy atom. The van der Waals surface area contributed by atoms with Crippen LogP contribution in [0.25, 0.3) is 10.1 Å². The third-order valence-corrected chi connectivity index (χ3v) is 4.95. The first-order valence-corrected chi connectivity index (χ1v) is 8.44. The van der Waals surface area contributed by atoms with Gasteiger partial charge in [0.2, 0.25) is 0 Å². The number of aryl methyl sites for hydroxylation is 2. The lowest BCUT2D eigenvalue weighted by Gasteiger charge is -2.13. The summed E-state index contributed by atoms with van der Waals surface area (Å²) in [6.07, 6.45) is -0.708. The van der Waals surface area contributed by atoms with Crippen molar-refractivity contribution in [3.05, 3.63) is 70.1 Å². The number of carbonyl (C=O) groups is 1. The van der Waals surface area contributed by atoms with E-state index in [1.54, 1.807) is 11.3 Å². The van der Waals surface area contributed by atoms with E-state index in [0.29, 0.717) is 5.56 Å². The van der Waals surface area contributed by atoms with E-state index in [9.17, 15) is 9.90 Å². The van der Waals surface area contributed by atoms with Gasteiger partial charge in [-0.15, -0.1) is 11.3 Å². The van der Waals surface area contributed by atoms with Crippen LogP contribution in [0.15, 0.2) is 47.8 Å². The van der Waals surface area contributed by atoms with E-state index in [2.05, 4.69) is 5.32 Å². The van der Waals surface area contributed by atoms with Crippen molar-refractivity contribution in [1.29, 1.82) is 0 Å². The molecule has 23 heavy (non-hydrogen) atoms. The van der Waals surface area contributed by atoms with Gasteiger partial charge in [0, 0.05) is 22.4 Å². The SMILES string of the molecule is Cc1ccc(C)c(C(=O)NCC(O)c2csc3ccccc23)c1. The normalized spacial score (nSPS) is 12.3. The Morgan fingerprint density at radius 2 is 2.00 bits per heavy atom. The van der Waals surface area contributed by atoms with Crippen molar-refractivity contribution in [1.82, 2.24) is 5.32 Å².